The number of hydrogen-bond donors (Lipinski definition) is 1. The second kappa shape index (κ2) is 11.3. The first-order chi connectivity index (χ1) is 18.3. The Hall–Kier alpha value is -1.88. The quantitative estimate of drug-likeness (QED) is 0.451. The van der Waals surface area contributed by atoms with Gasteiger partial charge < -0.3 is 24.5 Å². The van der Waals surface area contributed by atoms with Crippen molar-refractivity contribution < 1.29 is 24.2 Å². The number of rotatable bonds is 8. The van der Waals surface area contributed by atoms with Gasteiger partial charge in [-0.25, -0.2) is 0 Å². The van der Waals surface area contributed by atoms with Crippen LogP contribution in [0.3, 0.4) is 0 Å². The van der Waals surface area contributed by atoms with Crippen LogP contribution in [0.2, 0.25) is 0 Å². The molecule has 1 unspecified atom stereocenters. The van der Waals surface area contributed by atoms with Gasteiger partial charge in [0.2, 0.25) is 17.7 Å². The largest absolute Gasteiger partial charge is 0.394 e. The molecule has 10 heteroatoms. The molecule has 1 N–H and O–H groups in total. The van der Waals surface area contributed by atoms with Gasteiger partial charge in [0.25, 0.3) is 0 Å². The number of fused-ring (bicyclic) bond motifs is 2. The van der Waals surface area contributed by atoms with Crippen molar-refractivity contribution in [2.45, 2.75) is 49.3 Å². The molecule has 3 saturated heterocycles. The number of carbonyl (C=O) groups is 3. The van der Waals surface area contributed by atoms with Crippen molar-refractivity contribution in [1.82, 2.24) is 19.6 Å². The van der Waals surface area contributed by atoms with Crippen molar-refractivity contribution in [2.75, 3.05) is 65.6 Å². The fourth-order valence-electron chi connectivity index (χ4n) is 6.91. The highest BCUT2D eigenvalue weighted by molar-refractivity contribution is 8.02. The molecule has 5 aliphatic heterocycles. The molecule has 0 saturated carbocycles. The van der Waals surface area contributed by atoms with Crippen LogP contribution in [0.5, 0.6) is 0 Å². The third kappa shape index (κ3) is 4.61. The van der Waals surface area contributed by atoms with Crippen LogP contribution < -0.4 is 0 Å². The van der Waals surface area contributed by atoms with E-state index in [1.807, 2.05) is 35.8 Å². The summed E-state index contributed by atoms with van der Waals surface area (Å²) in [6.07, 6.45) is 9.06. The standard InChI is InChI=1S/C28H42N4O5S/c1-4-9-30-10-5-7-21-22(25(30)34)23-26(35)32(20(18-33)19(2)3)24-27(36)31(11-6-8-28(23,24)38-21)13-12-29-14-16-37-17-15-29/h5-8,19-24,33H,4,9-18H2,1-3H3/t20-,21-,22+,23-,24?,28-/m0/s1. The molecule has 3 amide bonds. The summed E-state index contributed by atoms with van der Waals surface area (Å²) in [4.78, 5) is 50.4. The fraction of sp³-hybridized carbons (Fsp3) is 0.750. The van der Waals surface area contributed by atoms with Crippen LogP contribution in [0.4, 0.5) is 0 Å². The van der Waals surface area contributed by atoms with Gasteiger partial charge in [-0.3, -0.25) is 19.3 Å². The zero-order valence-corrected chi connectivity index (χ0v) is 23.6. The fourth-order valence-corrected chi connectivity index (χ4v) is 8.91. The van der Waals surface area contributed by atoms with E-state index in [9.17, 15) is 19.5 Å². The number of aliphatic hydroxyl groups excluding tert-OH is 1. The van der Waals surface area contributed by atoms with Crippen LogP contribution in [0.25, 0.3) is 0 Å². The summed E-state index contributed by atoms with van der Waals surface area (Å²) in [5.74, 6) is -1.44. The topological polar surface area (TPSA) is 93.6 Å². The van der Waals surface area contributed by atoms with Crippen LogP contribution in [0, 0.1) is 17.8 Å². The Morgan fingerprint density at radius 2 is 1.74 bits per heavy atom. The Morgan fingerprint density at radius 1 is 1.03 bits per heavy atom. The molecule has 0 radical (unpaired) electrons. The highest BCUT2D eigenvalue weighted by Crippen LogP contribution is 2.61. The lowest BCUT2D eigenvalue weighted by molar-refractivity contribution is -0.147. The van der Waals surface area contributed by atoms with Crippen molar-refractivity contribution in [3.63, 3.8) is 0 Å². The molecule has 5 aliphatic rings. The van der Waals surface area contributed by atoms with E-state index >= 15 is 0 Å². The molecule has 5 rings (SSSR count). The van der Waals surface area contributed by atoms with Gasteiger partial charge in [-0.2, -0.15) is 0 Å². The SMILES string of the molecule is CCCN1CC=C[C@@H]2S[C@]34C=CCN(CCN5CCOCC5)C(=O)C3N([C@@H](CO)C(C)C)C(=O)[C@@H]4[C@@H]2C1=O. The van der Waals surface area contributed by atoms with Crippen molar-refractivity contribution in [1.29, 1.82) is 0 Å². The van der Waals surface area contributed by atoms with Crippen molar-refractivity contribution in [3.8, 4) is 0 Å². The van der Waals surface area contributed by atoms with Crippen LogP contribution >= 0.6 is 11.8 Å². The van der Waals surface area contributed by atoms with Crippen LogP contribution in [-0.2, 0) is 19.1 Å². The summed E-state index contributed by atoms with van der Waals surface area (Å²) in [6.45, 7) is 11.9. The maximum Gasteiger partial charge on any atom is 0.247 e. The molecule has 1 spiro atoms. The van der Waals surface area contributed by atoms with E-state index in [-0.39, 0.29) is 35.5 Å². The number of thioether (sulfide) groups is 1. The average Bonchev–Trinajstić information content (AvgIpc) is 3.22. The number of ether oxygens (including phenoxy) is 1. The van der Waals surface area contributed by atoms with Gasteiger partial charge in [0.15, 0.2) is 0 Å². The Bertz CT molecular complexity index is 982. The van der Waals surface area contributed by atoms with Crippen LogP contribution in [0.1, 0.15) is 27.2 Å². The Balaban J connectivity index is 1.52. The van der Waals surface area contributed by atoms with E-state index < -0.39 is 28.7 Å². The number of nitrogens with zero attached hydrogens (tertiary/aromatic N) is 4. The summed E-state index contributed by atoms with van der Waals surface area (Å²) >= 11 is 1.61. The smallest absolute Gasteiger partial charge is 0.247 e. The number of likely N-dealkylation sites (tertiary alicyclic amines) is 1. The zero-order chi connectivity index (χ0) is 27.0. The molecule has 3 fully saturated rings. The van der Waals surface area contributed by atoms with Gasteiger partial charge >= 0.3 is 0 Å². The third-order valence-corrected chi connectivity index (χ3v) is 10.6. The Labute approximate surface area is 230 Å². The summed E-state index contributed by atoms with van der Waals surface area (Å²) < 4.78 is 4.63. The summed E-state index contributed by atoms with van der Waals surface area (Å²) in [7, 11) is 0. The minimum absolute atomic E-state index is 0.00420. The van der Waals surface area contributed by atoms with Crippen LogP contribution in [-0.4, -0.2) is 130 Å². The molecular formula is C28H42N4O5S. The zero-order valence-electron chi connectivity index (χ0n) is 22.8. The summed E-state index contributed by atoms with van der Waals surface area (Å²) in [6, 6.07) is -1.24. The number of carbonyl (C=O) groups excluding carboxylic acids is 3. The minimum Gasteiger partial charge on any atom is -0.394 e. The van der Waals surface area contributed by atoms with Gasteiger partial charge in [-0.15, -0.1) is 11.8 Å². The van der Waals surface area contributed by atoms with E-state index in [1.165, 1.54) is 0 Å². The third-order valence-electron chi connectivity index (χ3n) is 8.86. The molecule has 0 aliphatic carbocycles. The summed E-state index contributed by atoms with van der Waals surface area (Å²) in [5, 5.41) is 10.3. The molecule has 9 nitrogen and oxygen atoms in total. The van der Waals surface area contributed by atoms with Gasteiger partial charge in [0, 0.05) is 51.1 Å². The van der Waals surface area contributed by atoms with E-state index in [2.05, 4.69) is 24.0 Å². The van der Waals surface area contributed by atoms with E-state index in [1.54, 1.807) is 16.7 Å². The van der Waals surface area contributed by atoms with Gasteiger partial charge in [-0.1, -0.05) is 45.1 Å². The van der Waals surface area contributed by atoms with Gasteiger partial charge in [0.05, 0.1) is 42.4 Å². The maximum absolute atomic E-state index is 14.4. The number of morpholine rings is 1. The van der Waals surface area contributed by atoms with Crippen molar-refractivity contribution in [2.24, 2.45) is 17.8 Å². The molecule has 0 bridgehead atoms. The first-order valence-electron chi connectivity index (χ1n) is 14.2. The van der Waals surface area contributed by atoms with Gasteiger partial charge in [-0.05, 0) is 12.3 Å². The molecule has 38 heavy (non-hydrogen) atoms. The highest BCUT2D eigenvalue weighted by Gasteiger charge is 2.71. The molecule has 5 heterocycles. The first kappa shape index (κ1) is 27.7. The predicted octanol–water partition coefficient (Wildman–Crippen LogP) is 0.840. The maximum atomic E-state index is 14.4. The predicted molar refractivity (Wildman–Crippen MR) is 146 cm³/mol. The van der Waals surface area contributed by atoms with Crippen molar-refractivity contribution >= 4 is 29.5 Å². The molecule has 0 aromatic rings. The number of amides is 3. The van der Waals surface area contributed by atoms with E-state index in [4.69, 9.17) is 4.74 Å². The minimum atomic E-state index is -0.839. The lowest BCUT2D eigenvalue weighted by atomic mass is 9.78. The number of hydrogen-bond acceptors (Lipinski definition) is 7. The lowest BCUT2D eigenvalue weighted by Crippen LogP contribution is -2.58. The second-order valence-corrected chi connectivity index (χ2v) is 12.9. The van der Waals surface area contributed by atoms with E-state index in [0.717, 1.165) is 26.1 Å². The normalized spacial score (nSPS) is 34.4. The number of aliphatic hydroxyl groups is 1. The molecular weight excluding hydrogens is 504 g/mol. The Kier molecular flexibility index (Phi) is 8.24. The van der Waals surface area contributed by atoms with Crippen molar-refractivity contribution in [3.05, 3.63) is 24.3 Å². The lowest BCUT2D eigenvalue weighted by Gasteiger charge is -2.40. The molecule has 0 aromatic carbocycles. The first-order valence-corrected chi connectivity index (χ1v) is 15.0. The molecule has 6 atom stereocenters. The molecule has 0 aromatic heterocycles. The molecule has 210 valence electrons. The monoisotopic (exact) mass is 546 g/mol. The summed E-state index contributed by atoms with van der Waals surface area (Å²) in [5.41, 5.74) is 0. The Morgan fingerprint density at radius 3 is 2.42 bits per heavy atom. The van der Waals surface area contributed by atoms with Gasteiger partial charge in [0.1, 0.15) is 6.04 Å². The average molecular weight is 547 g/mol. The van der Waals surface area contributed by atoms with Crippen LogP contribution in [0.15, 0.2) is 24.3 Å². The second-order valence-electron chi connectivity index (χ2n) is 11.4. The van der Waals surface area contributed by atoms with E-state index in [0.29, 0.717) is 39.4 Å². The highest BCUT2D eigenvalue weighted by atomic mass is 32.2.